The van der Waals surface area contributed by atoms with Crippen LogP contribution in [0.4, 0.5) is 8.78 Å². The average molecular weight is 488 g/mol. The van der Waals surface area contributed by atoms with Crippen molar-refractivity contribution in [1.82, 2.24) is 14.9 Å². The molecule has 174 valence electrons. The highest BCUT2D eigenvalue weighted by Crippen LogP contribution is 2.39. The van der Waals surface area contributed by atoms with Gasteiger partial charge in [-0.2, -0.15) is 5.10 Å². The molecule has 0 saturated heterocycles. The number of carbonyl (C=O) groups excluding carboxylic acids is 2. The Labute approximate surface area is 196 Å². The van der Waals surface area contributed by atoms with Crippen molar-refractivity contribution in [3.63, 3.8) is 0 Å². The first kappa shape index (κ1) is 23.1. The number of halogens is 3. The van der Waals surface area contributed by atoms with Crippen LogP contribution in [-0.4, -0.2) is 40.6 Å². The molecule has 4 aromatic rings. The fraction of sp³-hybridized carbons (Fsp3) is 0.130. The molecular formula is C23H16ClF2N3O5. The molecule has 0 N–H and O–H groups in total. The first-order valence-corrected chi connectivity index (χ1v) is 10.3. The van der Waals surface area contributed by atoms with E-state index in [1.54, 1.807) is 6.92 Å². The smallest absolute Gasteiger partial charge is 0.357 e. The fourth-order valence-corrected chi connectivity index (χ4v) is 3.60. The van der Waals surface area contributed by atoms with E-state index >= 15 is 0 Å². The topological polar surface area (TPSA) is 96.5 Å². The molecule has 0 aliphatic carbocycles. The van der Waals surface area contributed by atoms with Gasteiger partial charge in [-0.1, -0.05) is 22.8 Å². The molecule has 2 heterocycles. The zero-order valence-corrected chi connectivity index (χ0v) is 18.6. The standard InChI is InChI=1S/C23H16ClF2N3O5/c1-3-33-23(31)20-14(11-27-29(20)13-9-7-12(25)8-10-13)21-18(22(30)32-2)19(28-34-21)17-15(24)5-4-6-16(17)26/h4-11H,3H2,1-2H3. The molecule has 0 radical (unpaired) electrons. The van der Waals surface area contributed by atoms with E-state index in [1.807, 2.05) is 0 Å². The van der Waals surface area contributed by atoms with E-state index in [4.69, 9.17) is 25.6 Å². The lowest BCUT2D eigenvalue weighted by atomic mass is 10.0. The van der Waals surface area contributed by atoms with Crippen molar-refractivity contribution < 1.29 is 32.4 Å². The Balaban J connectivity index is 1.98. The molecule has 34 heavy (non-hydrogen) atoms. The van der Waals surface area contributed by atoms with Crippen molar-refractivity contribution in [3.8, 4) is 28.3 Å². The summed E-state index contributed by atoms with van der Waals surface area (Å²) in [5.74, 6) is -3.14. The largest absolute Gasteiger partial charge is 0.465 e. The number of carbonyl (C=O) groups is 2. The molecule has 0 unspecified atom stereocenters. The number of hydrogen-bond acceptors (Lipinski definition) is 7. The molecule has 0 spiro atoms. The third-order valence-corrected chi connectivity index (χ3v) is 5.15. The van der Waals surface area contributed by atoms with Gasteiger partial charge in [0.2, 0.25) is 0 Å². The number of aromatic nitrogens is 3. The van der Waals surface area contributed by atoms with Gasteiger partial charge < -0.3 is 14.0 Å². The molecule has 8 nitrogen and oxygen atoms in total. The molecule has 0 amide bonds. The van der Waals surface area contributed by atoms with Crippen molar-refractivity contribution in [1.29, 1.82) is 0 Å². The molecule has 0 bridgehead atoms. The van der Waals surface area contributed by atoms with Crippen LogP contribution in [0.1, 0.15) is 27.8 Å². The maximum absolute atomic E-state index is 14.6. The van der Waals surface area contributed by atoms with E-state index in [2.05, 4.69) is 10.3 Å². The van der Waals surface area contributed by atoms with Crippen LogP contribution in [0.3, 0.4) is 0 Å². The Morgan fingerprint density at radius 1 is 1.12 bits per heavy atom. The van der Waals surface area contributed by atoms with E-state index in [1.165, 1.54) is 47.3 Å². The zero-order valence-electron chi connectivity index (χ0n) is 17.8. The first-order chi connectivity index (χ1) is 16.4. The summed E-state index contributed by atoms with van der Waals surface area (Å²) < 4.78 is 44.7. The van der Waals surface area contributed by atoms with Crippen LogP contribution in [0.5, 0.6) is 0 Å². The van der Waals surface area contributed by atoms with Crippen molar-refractivity contribution in [3.05, 3.63) is 76.6 Å². The van der Waals surface area contributed by atoms with E-state index in [0.29, 0.717) is 5.69 Å². The van der Waals surface area contributed by atoms with Crippen LogP contribution < -0.4 is 0 Å². The van der Waals surface area contributed by atoms with E-state index in [9.17, 15) is 18.4 Å². The van der Waals surface area contributed by atoms with Gasteiger partial charge in [0.15, 0.2) is 11.5 Å². The quantitative estimate of drug-likeness (QED) is 0.349. The van der Waals surface area contributed by atoms with E-state index in [0.717, 1.165) is 13.2 Å². The van der Waals surface area contributed by atoms with Gasteiger partial charge >= 0.3 is 11.9 Å². The van der Waals surface area contributed by atoms with Crippen molar-refractivity contribution in [2.45, 2.75) is 6.92 Å². The lowest BCUT2D eigenvalue weighted by Crippen LogP contribution is -2.13. The summed E-state index contributed by atoms with van der Waals surface area (Å²) in [5.41, 5.74) is -0.418. The minimum absolute atomic E-state index is 0.0161. The average Bonchev–Trinajstić information content (AvgIpc) is 3.44. The van der Waals surface area contributed by atoms with Gasteiger partial charge in [-0.25, -0.2) is 23.1 Å². The second kappa shape index (κ2) is 9.44. The van der Waals surface area contributed by atoms with Crippen LogP contribution in [0.15, 0.2) is 53.2 Å². The van der Waals surface area contributed by atoms with Crippen molar-refractivity contribution in [2.24, 2.45) is 0 Å². The molecule has 2 aromatic heterocycles. The van der Waals surface area contributed by atoms with E-state index in [-0.39, 0.29) is 45.5 Å². The second-order valence-corrected chi connectivity index (χ2v) is 7.25. The number of nitrogens with zero attached hydrogens (tertiary/aromatic N) is 3. The molecule has 4 rings (SSSR count). The summed E-state index contributed by atoms with van der Waals surface area (Å²) in [6.07, 6.45) is 1.25. The van der Waals surface area contributed by atoms with Gasteiger partial charge in [0, 0.05) is 0 Å². The molecule has 0 saturated carbocycles. The third kappa shape index (κ3) is 4.03. The maximum Gasteiger partial charge on any atom is 0.357 e. The Morgan fingerprint density at radius 3 is 2.50 bits per heavy atom. The molecule has 0 aliphatic heterocycles. The highest BCUT2D eigenvalue weighted by Gasteiger charge is 2.33. The van der Waals surface area contributed by atoms with Gasteiger partial charge in [0.1, 0.15) is 22.9 Å². The van der Waals surface area contributed by atoms with Gasteiger partial charge in [-0.05, 0) is 43.3 Å². The molecular weight excluding hydrogens is 472 g/mol. The SMILES string of the molecule is CCOC(=O)c1c(-c2onc(-c3c(F)cccc3Cl)c2C(=O)OC)cnn1-c1ccc(F)cc1. The molecule has 0 fully saturated rings. The number of methoxy groups -OCH3 is 1. The lowest BCUT2D eigenvalue weighted by molar-refractivity contribution is 0.0514. The van der Waals surface area contributed by atoms with Crippen molar-refractivity contribution >= 4 is 23.5 Å². The van der Waals surface area contributed by atoms with Crippen LogP contribution in [0.2, 0.25) is 5.02 Å². The number of rotatable bonds is 6. The third-order valence-electron chi connectivity index (χ3n) is 4.83. The van der Waals surface area contributed by atoms with E-state index < -0.39 is 23.6 Å². The summed E-state index contributed by atoms with van der Waals surface area (Å²) >= 11 is 6.16. The lowest BCUT2D eigenvalue weighted by Gasteiger charge is -2.09. The number of ether oxygens (including phenoxy) is 2. The number of benzene rings is 2. The first-order valence-electron chi connectivity index (χ1n) is 9.91. The Morgan fingerprint density at radius 2 is 1.85 bits per heavy atom. The predicted molar refractivity (Wildman–Crippen MR) is 117 cm³/mol. The monoisotopic (exact) mass is 487 g/mol. The van der Waals surface area contributed by atoms with Gasteiger partial charge in [-0.3, -0.25) is 0 Å². The minimum atomic E-state index is -0.907. The van der Waals surface area contributed by atoms with Gasteiger partial charge in [0.25, 0.3) is 0 Å². The molecule has 0 aliphatic rings. The minimum Gasteiger partial charge on any atom is -0.465 e. The summed E-state index contributed by atoms with van der Waals surface area (Å²) in [6.45, 7) is 1.66. The van der Waals surface area contributed by atoms with Crippen molar-refractivity contribution in [2.75, 3.05) is 13.7 Å². The molecule has 11 heteroatoms. The molecule has 2 aromatic carbocycles. The summed E-state index contributed by atoms with van der Waals surface area (Å²) in [6, 6.07) is 9.16. The highest BCUT2D eigenvalue weighted by atomic mass is 35.5. The Bertz CT molecular complexity index is 1360. The summed E-state index contributed by atoms with van der Waals surface area (Å²) in [4.78, 5) is 25.6. The highest BCUT2D eigenvalue weighted by molar-refractivity contribution is 6.33. The Hall–Kier alpha value is -4.05. The summed E-state index contributed by atoms with van der Waals surface area (Å²) in [7, 11) is 1.13. The van der Waals surface area contributed by atoms with Crippen LogP contribution in [-0.2, 0) is 9.47 Å². The Kier molecular flexibility index (Phi) is 6.42. The predicted octanol–water partition coefficient (Wildman–Crippen LogP) is 5.09. The zero-order chi connectivity index (χ0) is 24.4. The van der Waals surface area contributed by atoms with Gasteiger partial charge in [0.05, 0.1) is 41.8 Å². The fourth-order valence-electron chi connectivity index (χ4n) is 3.35. The van der Waals surface area contributed by atoms with Crippen LogP contribution in [0.25, 0.3) is 28.3 Å². The molecule has 0 atom stereocenters. The normalized spacial score (nSPS) is 10.9. The summed E-state index contributed by atoms with van der Waals surface area (Å²) in [5, 5.41) is 8.03. The van der Waals surface area contributed by atoms with Crippen LogP contribution >= 0.6 is 11.6 Å². The number of esters is 2. The van der Waals surface area contributed by atoms with Gasteiger partial charge in [-0.15, -0.1) is 0 Å². The number of hydrogen-bond donors (Lipinski definition) is 0. The second-order valence-electron chi connectivity index (χ2n) is 6.84. The maximum atomic E-state index is 14.6. The van der Waals surface area contributed by atoms with Crippen LogP contribution in [0, 0.1) is 11.6 Å².